The van der Waals surface area contributed by atoms with Crippen LogP contribution in [0.2, 0.25) is 0 Å². The first kappa shape index (κ1) is 11.9. The Balaban J connectivity index is 2.24. The van der Waals surface area contributed by atoms with E-state index in [9.17, 15) is 4.79 Å². The summed E-state index contributed by atoms with van der Waals surface area (Å²) in [5, 5.41) is 17.2. The maximum Gasteiger partial charge on any atom is 0.337 e. The molecule has 0 saturated carbocycles. The van der Waals surface area contributed by atoms with Gasteiger partial charge in [0.05, 0.1) is 5.56 Å². The van der Waals surface area contributed by atoms with Crippen LogP contribution >= 0.6 is 15.9 Å². The number of carboxylic acids is 1. The Labute approximate surface area is 116 Å². The van der Waals surface area contributed by atoms with Gasteiger partial charge in [-0.3, -0.25) is 4.40 Å². The predicted octanol–water partition coefficient (Wildman–Crippen LogP) is 2.86. The van der Waals surface area contributed by atoms with Crippen molar-refractivity contribution in [1.29, 1.82) is 0 Å². The highest BCUT2D eigenvalue weighted by Gasteiger charge is 2.11. The molecule has 0 amide bonds. The fourth-order valence-electron chi connectivity index (χ4n) is 1.84. The first-order valence-corrected chi connectivity index (χ1v) is 6.28. The Hall–Kier alpha value is -2.21. The molecule has 0 radical (unpaired) electrons. The summed E-state index contributed by atoms with van der Waals surface area (Å²) < 4.78 is 2.60. The van der Waals surface area contributed by atoms with Crippen molar-refractivity contribution in [3.63, 3.8) is 0 Å². The molecule has 0 atom stereocenters. The number of hydrogen-bond donors (Lipinski definition) is 1. The van der Waals surface area contributed by atoms with Crippen LogP contribution < -0.4 is 0 Å². The average molecular weight is 318 g/mol. The van der Waals surface area contributed by atoms with Gasteiger partial charge in [0.2, 0.25) is 0 Å². The molecule has 0 unspecified atom stereocenters. The van der Waals surface area contributed by atoms with Crippen LogP contribution in [0.4, 0.5) is 0 Å². The number of nitrogens with zero attached hydrogens (tertiary/aromatic N) is 3. The lowest BCUT2D eigenvalue weighted by Crippen LogP contribution is -1.99. The van der Waals surface area contributed by atoms with Gasteiger partial charge in [-0.25, -0.2) is 4.79 Å². The first-order valence-electron chi connectivity index (χ1n) is 5.49. The molecular formula is C13H8BrN3O2. The second-order valence-corrected chi connectivity index (χ2v) is 4.90. The lowest BCUT2D eigenvalue weighted by atomic mass is 10.2. The summed E-state index contributed by atoms with van der Waals surface area (Å²) in [6.45, 7) is 0. The minimum Gasteiger partial charge on any atom is -0.478 e. The second kappa shape index (κ2) is 4.47. The van der Waals surface area contributed by atoms with Crippen molar-refractivity contribution >= 4 is 27.5 Å². The van der Waals surface area contributed by atoms with Gasteiger partial charge in [-0.1, -0.05) is 28.1 Å². The van der Waals surface area contributed by atoms with E-state index in [1.807, 2.05) is 24.3 Å². The number of aromatic nitrogens is 3. The van der Waals surface area contributed by atoms with Gasteiger partial charge in [0.15, 0.2) is 11.5 Å². The zero-order valence-corrected chi connectivity index (χ0v) is 11.2. The van der Waals surface area contributed by atoms with E-state index in [-0.39, 0.29) is 5.56 Å². The molecule has 0 aliphatic rings. The molecule has 2 aromatic heterocycles. The van der Waals surface area contributed by atoms with Gasteiger partial charge in [0.1, 0.15) is 0 Å². The van der Waals surface area contributed by atoms with Crippen molar-refractivity contribution in [2.45, 2.75) is 0 Å². The number of hydrogen-bond acceptors (Lipinski definition) is 3. The van der Waals surface area contributed by atoms with Crippen LogP contribution in [0.25, 0.3) is 17.0 Å². The number of carbonyl (C=O) groups is 1. The summed E-state index contributed by atoms with van der Waals surface area (Å²) >= 11 is 3.40. The van der Waals surface area contributed by atoms with Crippen LogP contribution in [-0.4, -0.2) is 25.7 Å². The number of aromatic carboxylic acids is 1. The Morgan fingerprint density at radius 1 is 1.21 bits per heavy atom. The van der Waals surface area contributed by atoms with Crippen LogP contribution in [0.5, 0.6) is 0 Å². The maximum atomic E-state index is 11.0. The van der Waals surface area contributed by atoms with Gasteiger partial charge in [-0.15, -0.1) is 10.2 Å². The zero-order valence-electron chi connectivity index (χ0n) is 9.62. The van der Waals surface area contributed by atoms with Gasteiger partial charge in [0, 0.05) is 16.2 Å². The predicted molar refractivity (Wildman–Crippen MR) is 73.1 cm³/mol. The summed E-state index contributed by atoms with van der Waals surface area (Å²) in [5.74, 6) is -0.366. The van der Waals surface area contributed by atoms with Gasteiger partial charge in [0.25, 0.3) is 0 Å². The Bertz CT molecular complexity index is 782. The molecule has 3 rings (SSSR count). The highest BCUT2D eigenvalue weighted by atomic mass is 79.9. The van der Waals surface area contributed by atoms with Crippen LogP contribution in [0.3, 0.4) is 0 Å². The topological polar surface area (TPSA) is 67.5 Å². The van der Waals surface area contributed by atoms with Crippen LogP contribution in [0.1, 0.15) is 10.4 Å². The molecule has 2 heterocycles. The van der Waals surface area contributed by atoms with E-state index in [0.717, 1.165) is 10.0 Å². The average Bonchev–Trinajstić information content (AvgIpc) is 2.81. The van der Waals surface area contributed by atoms with E-state index >= 15 is 0 Å². The zero-order chi connectivity index (χ0) is 13.4. The van der Waals surface area contributed by atoms with Gasteiger partial charge in [-0.2, -0.15) is 0 Å². The summed E-state index contributed by atoms with van der Waals surface area (Å²) in [4.78, 5) is 11.0. The monoisotopic (exact) mass is 317 g/mol. The number of carboxylic acid groups (broad SMARTS) is 1. The van der Waals surface area contributed by atoms with Crippen molar-refractivity contribution in [3.05, 3.63) is 52.6 Å². The van der Waals surface area contributed by atoms with Crippen molar-refractivity contribution in [2.75, 3.05) is 0 Å². The number of halogens is 1. The maximum absolute atomic E-state index is 11.0. The van der Waals surface area contributed by atoms with Crippen molar-refractivity contribution < 1.29 is 9.90 Å². The highest BCUT2D eigenvalue weighted by molar-refractivity contribution is 9.10. The Morgan fingerprint density at radius 3 is 2.79 bits per heavy atom. The van der Waals surface area contributed by atoms with E-state index in [0.29, 0.717) is 11.5 Å². The fraction of sp³-hybridized carbons (Fsp3) is 0. The van der Waals surface area contributed by atoms with Gasteiger partial charge in [-0.05, 0) is 24.3 Å². The number of rotatable bonds is 2. The third-order valence-electron chi connectivity index (χ3n) is 2.73. The van der Waals surface area contributed by atoms with E-state index in [1.165, 1.54) is 12.3 Å². The smallest absolute Gasteiger partial charge is 0.337 e. The molecule has 0 aliphatic heterocycles. The largest absolute Gasteiger partial charge is 0.478 e. The Kier molecular flexibility index (Phi) is 2.79. The normalized spacial score (nSPS) is 10.8. The molecule has 0 bridgehead atoms. The van der Waals surface area contributed by atoms with Crippen molar-refractivity contribution in [3.8, 4) is 11.4 Å². The number of benzene rings is 1. The lowest BCUT2D eigenvalue weighted by molar-refractivity contribution is 0.0696. The SMILES string of the molecule is O=C(O)c1ccc2nnc(-c3cccc(Br)c3)n2c1. The standard InChI is InChI=1S/C13H8BrN3O2/c14-10-3-1-2-8(6-10)12-16-15-11-5-4-9(13(18)19)7-17(11)12/h1-7H,(H,18,19). The summed E-state index contributed by atoms with van der Waals surface area (Å²) in [7, 11) is 0. The van der Waals surface area contributed by atoms with E-state index in [4.69, 9.17) is 5.11 Å². The minimum absolute atomic E-state index is 0.198. The van der Waals surface area contributed by atoms with Crippen LogP contribution in [-0.2, 0) is 0 Å². The second-order valence-electron chi connectivity index (χ2n) is 3.99. The molecule has 0 spiro atoms. The van der Waals surface area contributed by atoms with E-state index in [1.54, 1.807) is 10.5 Å². The molecule has 0 saturated heterocycles. The minimum atomic E-state index is -0.976. The fourth-order valence-corrected chi connectivity index (χ4v) is 2.24. The molecule has 0 fully saturated rings. The number of fused-ring (bicyclic) bond motifs is 1. The molecule has 1 N–H and O–H groups in total. The molecule has 94 valence electrons. The first-order chi connectivity index (χ1) is 9.15. The van der Waals surface area contributed by atoms with Crippen molar-refractivity contribution in [1.82, 2.24) is 14.6 Å². The third kappa shape index (κ3) is 2.10. The molecule has 1 aromatic carbocycles. The molecule has 6 heteroatoms. The lowest BCUT2D eigenvalue weighted by Gasteiger charge is -2.02. The van der Waals surface area contributed by atoms with Crippen molar-refractivity contribution in [2.24, 2.45) is 0 Å². The highest BCUT2D eigenvalue weighted by Crippen LogP contribution is 2.22. The summed E-state index contributed by atoms with van der Waals surface area (Å²) in [6.07, 6.45) is 1.52. The summed E-state index contributed by atoms with van der Waals surface area (Å²) in [5.41, 5.74) is 1.67. The van der Waals surface area contributed by atoms with Gasteiger partial charge >= 0.3 is 5.97 Å². The molecule has 0 aliphatic carbocycles. The quantitative estimate of drug-likeness (QED) is 0.789. The molecule has 3 aromatic rings. The van der Waals surface area contributed by atoms with E-state index < -0.39 is 5.97 Å². The molecule has 5 nitrogen and oxygen atoms in total. The summed E-state index contributed by atoms with van der Waals surface area (Å²) in [6, 6.07) is 10.8. The van der Waals surface area contributed by atoms with Crippen LogP contribution in [0, 0.1) is 0 Å². The Morgan fingerprint density at radius 2 is 2.05 bits per heavy atom. The third-order valence-corrected chi connectivity index (χ3v) is 3.23. The molecule has 19 heavy (non-hydrogen) atoms. The number of pyridine rings is 1. The van der Waals surface area contributed by atoms with Gasteiger partial charge < -0.3 is 5.11 Å². The van der Waals surface area contributed by atoms with E-state index in [2.05, 4.69) is 26.1 Å². The molecular weight excluding hydrogens is 310 g/mol. The van der Waals surface area contributed by atoms with Crippen LogP contribution in [0.15, 0.2) is 47.1 Å².